The number of H-pyrrole nitrogens is 1. The Morgan fingerprint density at radius 1 is 0.905 bits per heavy atom. The SMILES string of the molecule is CC(C)(C)c1cc(OCCOCCOCCOCCOCCC=O)c(O)cc1NC(=O)c1c[nH]c2ccccc2c1=O. The molecule has 0 aliphatic carbocycles. The number of anilines is 1. The highest BCUT2D eigenvalue weighted by Gasteiger charge is 2.23. The Labute approximate surface area is 245 Å². The van der Waals surface area contributed by atoms with Gasteiger partial charge in [-0.1, -0.05) is 32.9 Å². The molecule has 0 spiro atoms. The molecule has 1 aromatic heterocycles. The second kappa shape index (κ2) is 16.6. The number of phenols is 1. The summed E-state index contributed by atoms with van der Waals surface area (Å²) in [7, 11) is 0. The molecule has 11 heteroatoms. The molecule has 42 heavy (non-hydrogen) atoms. The molecule has 228 valence electrons. The minimum Gasteiger partial charge on any atom is -0.504 e. The van der Waals surface area contributed by atoms with E-state index in [0.29, 0.717) is 69.3 Å². The summed E-state index contributed by atoms with van der Waals surface area (Å²) in [6.07, 6.45) is 2.59. The highest BCUT2D eigenvalue weighted by molar-refractivity contribution is 6.06. The fraction of sp³-hybridized carbons (Fsp3) is 0.452. The van der Waals surface area contributed by atoms with E-state index < -0.39 is 11.3 Å². The lowest BCUT2D eigenvalue weighted by atomic mass is 9.85. The van der Waals surface area contributed by atoms with Gasteiger partial charge in [-0.2, -0.15) is 0 Å². The van der Waals surface area contributed by atoms with Crippen LogP contribution in [0.15, 0.2) is 47.4 Å². The van der Waals surface area contributed by atoms with Crippen molar-refractivity contribution in [3.05, 3.63) is 63.9 Å². The summed E-state index contributed by atoms with van der Waals surface area (Å²) in [6.45, 7) is 9.31. The molecule has 0 saturated carbocycles. The van der Waals surface area contributed by atoms with Gasteiger partial charge in [0.05, 0.1) is 52.9 Å². The number of phenolic OH excluding ortho intramolecular Hbond substituents is 1. The van der Waals surface area contributed by atoms with Crippen molar-refractivity contribution in [2.24, 2.45) is 0 Å². The van der Waals surface area contributed by atoms with Crippen molar-refractivity contribution in [1.82, 2.24) is 4.98 Å². The molecular formula is C31H40N2O9. The molecule has 1 heterocycles. The summed E-state index contributed by atoms with van der Waals surface area (Å²) in [5.74, 6) is -0.473. The normalized spacial score (nSPS) is 11.5. The third kappa shape index (κ3) is 9.95. The molecule has 2 aromatic carbocycles. The summed E-state index contributed by atoms with van der Waals surface area (Å²) >= 11 is 0. The number of carbonyl (C=O) groups is 2. The van der Waals surface area contributed by atoms with Crippen molar-refractivity contribution in [3.63, 3.8) is 0 Å². The van der Waals surface area contributed by atoms with Crippen LogP contribution in [-0.2, 0) is 29.2 Å². The van der Waals surface area contributed by atoms with Crippen LogP contribution in [0.5, 0.6) is 11.5 Å². The van der Waals surface area contributed by atoms with E-state index in [1.165, 1.54) is 12.3 Å². The van der Waals surface area contributed by atoms with Crippen LogP contribution in [0.25, 0.3) is 10.9 Å². The zero-order valence-electron chi connectivity index (χ0n) is 24.4. The number of hydrogen-bond donors (Lipinski definition) is 3. The number of benzene rings is 2. The highest BCUT2D eigenvalue weighted by atomic mass is 16.6. The van der Waals surface area contributed by atoms with E-state index in [9.17, 15) is 19.5 Å². The number of rotatable bonds is 18. The Morgan fingerprint density at radius 2 is 1.50 bits per heavy atom. The average Bonchev–Trinajstić information content (AvgIpc) is 2.95. The maximum absolute atomic E-state index is 13.1. The van der Waals surface area contributed by atoms with Gasteiger partial charge in [-0.25, -0.2) is 0 Å². The van der Waals surface area contributed by atoms with E-state index in [0.717, 1.165) is 11.8 Å². The minimum atomic E-state index is -0.581. The lowest BCUT2D eigenvalue weighted by molar-refractivity contribution is -0.109. The van der Waals surface area contributed by atoms with Gasteiger partial charge < -0.3 is 43.9 Å². The fourth-order valence-corrected chi connectivity index (χ4v) is 4.04. The van der Waals surface area contributed by atoms with Crippen LogP contribution in [-0.4, -0.2) is 81.7 Å². The van der Waals surface area contributed by atoms with Crippen molar-refractivity contribution in [1.29, 1.82) is 0 Å². The Morgan fingerprint density at radius 3 is 2.12 bits per heavy atom. The van der Waals surface area contributed by atoms with E-state index in [-0.39, 0.29) is 35.7 Å². The largest absolute Gasteiger partial charge is 0.504 e. The molecule has 0 bridgehead atoms. The Hall–Kier alpha value is -3.77. The van der Waals surface area contributed by atoms with Crippen LogP contribution in [0.1, 0.15) is 43.1 Å². The number of para-hydroxylation sites is 1. The first-order valence-corrected chi connectivity index (χ1v) is 13.9. The molecule has 3 rings (SSSR count). The molecule has 0 fully saturated rings. The minimum absolute atomic E-state index is 0.0287. The van der Waals surface area contributed by atoms with Gasteiger partial charge in [0.25, 0.3) is 5.91 Å². The summed E-state index contributed by atoms with van der Waals surface area (Å²) in [4.78, 5) is 39.2. The molecule has 0 unspecified atom stereocenters. The fourth-order valence-electron chi connectivity index (χ4n) is 4.04. The number of aldehydes is 1. The number of fused-ring (bicyclic) bond motifs is 1. The molecule has 3 N–H and O–H groups in total. The van der Waals surface area contributed by atoms with Gasteiger partial charge >= 0.3 is 0 Å². The molecular weight excluding hydrogens is 544 g/mol. The van der Waals surface area contributed by atoms with Crippen molar-refractivity contribution < 1.29 is 38.4 Å². The van der Waals surface area contributed by atoms with Gasteiger partial charge in [0.2, 0.25) is 5.43 Å². The average molecular weight is 585 g/mol. The Balaban J connectivity index is 1.46. The number of ether oxygens (including phenoxy) is 5. The standard InChI is InChI=1S/C31H40N2O9/c1-31(2,3)24-19-28(42-18-17-41-16-15-40-14-13-39-12-11-38-10-6-9-34)27(35)20-26(24)33-30(37)23-21-32-25-8-5-4-7-22(25)29(23)36/h4-5,7-9,19-21,35H,6,10-18H2,1-3H3,(H,32,36)(H,33,37). The van der Waals surface area contributed by atoms with E-state index in [1.54, 1.807) is 30.3 Å². The zero-order chi connectivity index (χ0) is 30.4. The molecule has 11 nitrogen and oxygen atoms in total. The van der Waals surface area contributed by atoms with Crippen LogP contribution in [0.3, 0.4) is 0 Å². The molecule has 0 aliphatic heterocycles. The molecule has 3 aromatic rings. The second-order valence-electron chi connectivity index (χ2n) is 10.4. The second-order valence-corrected chi connectivity index (χ2v) is 10.4. The molecule has 0 atom stereocenters. The van der Waals surface area contributed by atoms with Crippen molar-refractivity contribution in [3.8, 4) is 11.5 Å². The molecule has 0 saturated heterocycles. The van der Waals surface area contributed by atoms with Crippen molar-refractivity contribution in [2.75, 3.05) is 64.8 Å². The number of nitrogens with one attached hydrogen (secondary N) is 2. The van der Waals surface area contributed by atoms with Gasteiger partial charge in [0.1, 0.15) is 18.5 Å². The lowest BCUT2D eigenvalue weighted by Gasteiger charge is -2.24. The van der Waals surface area contributed by atoms with Gasteiger partial charge in [0, 0.05) is 35.3 Å². The highest BCUT2D eigenvalue weighted by Crippen LogP contribution is 2.38. The predicted molar refractivity (Wildman–Crippen MR) is 159 cm³/mol. The summed E-state index contributed by atoms with van der Waals surface area (Å²) in [6, 6.07) is 10.1. The van der Waals surface area contributed by atoms with Crippen molar-refractivity contribution >= 4 is 28.8 Å². The molecule has 0 aliphatic rings. The number of carbonyl (C=O) groups excluding carboxylic acids is 2. The smallest absolute Gasteiger partial charge is 0.261 e. The monoisotopic (exact) mass is 584 g/mol. The van der Waals surface area contributed by atoms with Crippen LogP contribution in [0.2, 0.25) is 0 Å². The first-order chi connectivity index (χ1) is 20.2. The molecule has 0 radical (unpaired) electrons. The number of aromatic amines is 1. The summed E-state index contributed by atoms with van der Waals surface area (Å²) < 4.78 is 27.3. The number of amides is 1. The maximum atomic E-state index is 13.1. The number of pyridine rings is 1. The number of aromatic hydroxyl groups is 1. The van der Waals surface area contributed by atoms with Crippen LogP contribution in [0.4, 0.5) is 5.69 Å². The Kier molecular flexibility index (Phi) is 13.0. The predicted octanol–water partition coefficient (Wildman–Crippen LogP) is 3.82. The zero-order valence-corrected chi connectivity index (χ0v) is 24.4. The number of hydrogen-bond acceptors (Lipinski definition) is 9. The van der Waals surface area contributed by atoms with E-state index in [2.05, 4.69) is 10.3 Å². The molecule has 1 amide bonds. The van der Waals surface area contributed by atoms with E-state index in [1.807, 2.05) is 20.8 Å². The van der Waals surface area contributed by atoms with Crippen molar-refractivity contribution in [2.45, 2.75) is 32.6 Å². The Bertz CT molecular complexity index is 1360. The summed E-state index contributed by atoms with van der Waals surface area (Å²) in [5, 5.41) is 13.8. The topological polar surface area (TPSA) is 145 Å². The summed E-state index contributed by atoms with van der Waals surface area (Å²) in [5.41, 5.74) is 0.930. The van der Waals surface area contributed by atoms with Gasteiger partial charge in [-0.05, 0) is 29.2 Å². The third-order valence-corrected chi connectivity index (χ3v) is 6.17. The van der Waals surface area contributed by atoms with Crippen LogP contribution < -0.4 is 15.5 Å². The van der Waals surface area contributed by atoms with Gasteiger partial charge in [-0.15, -0.1) is 0 Å². The number of aromatic nitrogens is 1. The van der Waals surface area contributed by atoms with E-state index >= 15 is 0 Å². The quantitative estimate of drug-likeness (QED) is 0.150. The van der Waals surface area contributed by atoms with Crippen LogP contribution in [0, 0.1) is 0 Å². The van der Waals surface area contributed by atoms with Gasteiger partial charge in [0.15, 0.2) is 11.5 Å². The first kappa shape index (κ1) is 32.7. The maximum Gasteiger partial charge on any atom is 0.261 e. The van der Waals surface area contributed by atoms with Gasteiger partial charge in [-0.3, -0.25) is 9.59 Å². The third-order valence-electron chi connectivity index (χ3n) is 6.17. The van der Waals surface area contributed by atoms with E-state index in [4.69, 9.17) is 23.7 Å². The first-order valence-electron chi connectivity index (χ1n) is 13.9. The lowest BCUT2D eigenvalue weighted by Crippen LogP contribution is -2.24. The van der Waals surface area contributed by atoms with Crippen LogP contribution >= 0.6 is 0 Å².